The van der Waals surface area contributed by atoms with Crippen LogP contribution in [-0.2, 0) is 6.54 Å². The number of aromatic amines is 1. The van der Waals surface area contributed by atoms with E-state index in [4.69, 9.17) is 0 Å². The molecule has 0 aliphatic rings. The molecule has 0 radical (unpaired) electrons. The maximum Gasteiger partial charge on any atom is 0.364 e. The summed E-state index contributed by atoms with van der Waals surface area (Å²) in [6.07, 6.45) is 0. The standard InChI is InChI=1S/C12H9F2N5O/c13-8-2-1-7(9(14)5-8)6-15-10-3-4-11-16-17-12(20)19(11)18-10/h1-5H,6H2,(H,15,18)(H,17,20). The molecule has 0 saturated carbocycles. The molecule has 0 spiro atoms. The first-order valence-corrected chi connectivity index (χ1v) is 5.76. The van der Waals surface area contributed by atoms with Crippen LogP contribution in [0.15, 0.2) is 35.1 Å². The number of hydrogen-bond donors (Lipinski definition) is 2. The van der Waals surface area contributed by atoms with E-state index in [1.165, 1.54) is 12.1 Å². The van der Waals surface area contributed by atoms with Crippen LogP contribution in [0, 0.1) is 11.6 Å². The summed E-state index contributed by atoms with van der Waals surface area (Å²) in [6, 6.07) is 6.54. The van der Waals surface area contributed by atoms with E-state index in [-0.39, 0.29) is 6.54 Å². The van der Waals surface area contributed by atoms with Crippen molar-refractivity contribution in [2.75, 3.05) is 5.32 Å². The number of benzene rings is 1. The van der Waals surface area contributed by atoms with Gasteiger partial charge in [0, 0.05) is 18.2 Å². The lowest BCUT2D eigenvalue weighted by atomic mass is 10.2. The van der Waals surface area contributed by atoms with Crippen molar-refractivity contribution in [1.29, 1.82) is 0 Å². The fourth-order valence-corrected chi connectivity index (χ4v) is 1.75. The molecule has 2 aromatic heterocycles. The molecule has 6 nitrogen and oxygen atoms in total. The van der Waals surface area contributed by atoms with Crippen molar-refractivity contribution in [1.82, 2.24) is 19.8 Å². The summed E-state index contributed by atoms with van der Waals surface area (Å²) in [6.45, 7) is 0.122. The Morgan fingerprint density at radius 2 is 2.10 bits per heavy atom. The number of fused-ring (bicyclic) bond motifs is 1. The molecule has 0 unspecified atom stereocenters. The van der Waals surface area contributed by atoms with Crippen LogP contribution in [0.4, 0.5) is 14.6 Å². The Hall–Kier alpha value is -2.77. The molecule has 0 aliphatic carbocycles. The Balaban J connectivity index is 1.82. The molecule has 102 valence electrons. The molecule has 0 saturated heterocycles. The predicted octanol–water partition coefficient (Wildman–Crippen LogP) is 1.31. The summed E-state index contributed by atoms with van der Waals surface area (Å²) in [5, 5.41) is 12.8. The third-order valence-electron chi connectivity index (χ3n) is 2.75. The maximum atomic E-state index is 13.5. The Bertz CT molecular complexity index is 826. The van der Waals surface area contributed by atoms with E-state index in [0.29, 0.717) is 17.0 Å². The zero-order valence-electron chi connectivity index (χ0n) is 10.1. The highest BCUT2D eigenvalue weighted by atomic mass is 19.1. The molecule has 0 amide bonds. The number of rotatable bonds is 3. The molecule has 20 heavy (non-hydrogen) atoms. The summed E-state index contributed by atoms with van der Waals surface area (Å²) in [7, 11) is 0. The lowest BCUT2D eigenvalue weighted by Gasteiger charge is -2.06. The first kappa shape index (κ1) is 12.3. The van der Waals surface area contributed by atoms with Gasteiger partial charge >= 0.3 is 5.69 Å². The van der Waals surface area contributed by atoms with Crippen LogP contribution in [0.1, 0.15) is 5.56 Å². The van der Waals surface area contributed by atoms with Gasteiger partial charge in [-0.05, 0) is 18.2 Å². The second-order valence-electron chi connectivity index (χ2n) is 4.11. The van der Waals surface area contributed by atoms with Gasteiger partial charge in [0.2, 0.25) is 0 Å². The van der Waals surface area contributed by atoms with Crippen LogP contribution in [-0.4, -0.2) is 19.8 Å². The molecular weight excluding hydrogens is 268 g/mol. The summed E-state index contributed by atoms with van der Waals surface area (Å²) < 4.78 is 27.3. The van der Waals surface area contributed by atoms with E-state index in [1.54, 1.807) is 12.1 Å². The van der Waals surface area contributed by atoms with Gasteiger partial charge < -0.3 is 5.32 Å². The molecule has 0 bridgehead atoms. The van der Waals surface area contributed by atoms with E-state index in [2.05, 4.69) is 20.6 Å². The maximum absolute atomic E-state index is 13.5. The molecule has 3 rings (SSSR count). The van der Waals surface area contributed by atoms with Crippen molar-refractivity contribution < 1.29 is 8.78 Å². The van der Waals surface area contributed by atoms with Crippen molar-refractivity contribution in [2.45, 2.75) is 6.54 Å². The first-order chi connectivity index (χ1) is 9.63. The SMILES string of the molecule is O=c1[nH]nc2ccc(NCc3ccc(F)cc3F)nn12. The Kier molecular flexibility index (Phi) is 2.90. The Labute approximate surface area is 111 Å². The van der Waals surface area contributed by atoms with Gasteiger partial charge in [0.25, 0.3) is 0 Å². The van der Waals surface area contributed by atoms with Gasteiger partial charge in [0.1, 0.15) is 17.5 Å². The summed E-state index contributed by atoms with van der Waals surface area (Å²) in [4.78, 5) is 11.3. The van der Waals surface area contributed by atoms with Crippen LogP contribution in [0.3, 0.4) is 0 Å². The normalized spacial score (nSPS) is 10.9. The topological polar surface area (TPSA) is 75.1 Å². The Morgan fingerprint density at radius 1 is 1.25 bits per heavy atom. The zero-order chi connectivity index (χ0) is 14.1. The second kappa shape index (κ2) is 4.72. The van der Waals surface area contributed by atoms with Crippen LogP contribution in [0.2, 0.25) is 0 Å². The van der Waals surface area contributed by atoms with Gasteiger partial charge in [0.05, 0.1) is 0 Å². The van der Waals surface area contributed by atoms with Gasteiger partial charge in [0.15, 0.2) is 5.65 Å². The smallest absolute Gasteiger partial charge is 0.364 e. The number of H-pyrrole nitrogens is 1. The van der Waals surface area contributed by atoms with Crippen LogP contribution in [0.25, 0.3) is 5.65 Å². The molecule has 2 heterocycles. The van der Waals surface area contributed by atoms with Crippen LogP contribution >= 0.6 is 0 Å². The Morgan fingerprint density at radius 3 is 2.90 bits per heavy atom. The fourth-order valence-electron chi connectivity index (χ4n) is 1.75. The minimum Gasteiger partial charge on any atom is -0.364 e. The highest BCUT2D eigenvalue weighted by Crippen LogP contribution is 2.11. The average molecular weight is 277 g/mol. The van der Waals surface area contributed by atoms with Crippen molar-refractivity contribution in [3.63, 3.8) is 0 Å². The van der Waals surface area contributed by atoms with E-state index >= 15 is 0 Å². The van der Waals surface area contributed by atoms with E-state index in [1.807, 2.05) is 0 Å². The predicted molar refractivity (Wildman–Crippen MR) is 67.3 cm³/mol. The minimum absolute atomic E-state index is 0.122. The summed E-state index contributed by atoms with van der Waals surface area (Å²) >= 11 is 0. The molecule has 1 aromatic carbocycles. The zero-order valence-corrected chi connectivity index (χ0v) is 10.1. The van der Waals surface area contributed by atoms with Gasteiger partial charge in [-0.15, -0.1) is 5.10 Å². The lowest BCUT2D eigenvalue weighted by Crippen LogP contribution is -2.14. The van der Waals surface area contributed by atoms with Crippen molar-refractivity contribution in [3.05, 3.63) is 58.0 Å². The summed E-state index contributed by atoms with van der Waals surface area (Å²) in [5.41, 5.74) is 0.220. The molecule has 8 heteroatoms. The highest BCUT2D eigenvalue weighted by molar-refractivity contribution is 5.43. The van der Waals surface area contributed by atoms with Crippen LogP contribution < -0.4 is 11.0 Å². The molecule has 0 fully saturated rings. The van der Waals surface area contributed by atoms with Crippen molar-refractivity contribution in [3.8, 4) is 0 Å². The molecule has 0 atom stereocenters. The highest BCUT2D eigenvalue weighted by Gasteiger charge is 2.05. The quantitative estimate of drug-likeness (QED) is 0.757. The largest absolute Gasteiger partial charge is 0.364 e. The van der Waals surface area contributed by atoms with Crippen LogP contribution in [0.5, 0.6) is 0 Å². The second-order valence-corrected chi connectivity index (χ2v) is 4.11. The number of hydrogen-bond acceptors (Lipinski definition) is 4. The average Bonchev–Trinajstić information content (AvgIpc) is 2.79. The van der Waals surface area contributed by atoms with E-state index in [9.17, 15) is 13.6 Å². The number of aromatic nitrogens is 4. The third-order valence-corrected chi connectivity index (χ3v) is 2.75. The fraction of sp³-hybridized carbons (Fsp3) is 0.0833. The molecule has 0 aliphatic heterocycles. The van der Waals surface area contributed by atoms with Gasteiger partial charge in [-0.2, -0.15) is 9.61 Å². The monoisotopic (exact) mass is 277 g/mol. The number of anilines is 1. The lowest BCUT2D eigenvalue weighted by molar-refractivity contribution is 0.574. The molecule has 2 N–H and O–H groups in total. The van der Waals surface area contributed by atoms with Gasteiger partial charge in [-0.3, -0.25) is 0 Å². The van der Waals surface area contributed by atoms with Crippen molar-refractivity contribution in [2.24, 2.45) is 0 Å². The number of nitrogens with one attached hydrogen (secondary N) is 2. The van der Waals surface area contributed by atoms with E-state index in [0.717, 1.165) is 10.6 Å². The first-order valence-electron chi connectivity index (χ1n) is 5.76. The van der Waals surface area contributed by atoms with E-state index < -0.39 is 17.3 Å². The third kappa shape index (κ3) is 2.22. The minimum atomic E-state index is -0.640. The number of halogens is 2. The molecular formula is C12H9F2N5O. The summed E-state index contributed by atoms with van der Waals surface area (Å²) in [5.74, 6) is -0.889. The van der Waals surface area contributed by atoms with Crippen molar-refractivity contribution >= 4 is 11.5 Å². The van der Waals surface area contributed by atoms with Gasteiger partial charge in [-0.25, -0.2) is 18.7 Å². The molecule has 3 aromatic rings. The number of nitrogens with zero attached hydrogens (tertiary/aromatic N) is 3. The van der Waals surface area contributed by atoms with Gasteiger partial charge in [-0.1, -0.05) is 6.07 Å².